The molecule has 0 amide bonds. The molecule has 0 radical (unpaired) electrons. The molecule has 1 N–H and O–H groups in total. The molecule has 4 nitrogen and oxygen atoms in total. The van der Waals surface area contributed by atoms with Gasteiger partial charge in [0.25, 0.3) is 0 Å². The van der Waals surface area contributed by atoms with Crippen molar-refractivity contribution in [2.75, 3.05) is 26.2 Å². The zero-order chi connectivity index (χ0) is 8.27. The fourth-order valence-corrected chi connectivity index (χ4v) is 1.14. The van der Waals surface area contributed by atoms with Crippen molar-refractivity contribution in [2.45, 2.75) is 13.0 Å². The smallest absolute Gasteiger partial charge is 0.334 e. The Kier molecular flexibility index (Phi) is 5.20. The fourth-order valence-electron chi connectivity index (χ4n) is 1.14. The van der Waals surface area contributed by atoms with Crippen LogP contribution < -0.4 is 0 Å². The van der Waals surface area contributed by atoms with E-state index in [9.17, 15) is 4.79 Å². The zero-order valence-electron chi connectivity index (χ0n) is 7.02. The summed E-state index contributed by atoms with van der Waals surface area (Å²) in [5, 5.41) is 8.60. The molecule has 1 fully saturated rings. The minimum absolute atomic E-state index is 0. The van der Waals surface area contributed by atoms with Gasteiger partial charge in [0.1, 0.15) is 0 Å². The molecule has 1 unspecified atom stereocenters. The van der Waals surface area contributed by atoms with Crippen molar-refractivity contribution in [2.24, 2.45) is 0 Å². The third-order valence-electron chi connectivity index (χ3n) is 1.87. The third kappa shape index (κ3) is 2.97. The van der Waals surface area contributed by atoms with Gasteiger partial charge in [-0.25, -0.2) is 4.79 Å². The number of aliphatic carboxylic acids is 1. The fraction of sp³-hybridized carbons (Fsp3) is 0.857. The van der Waals surface area contributed by atoms with Crippen molar-refractivity contribution in [3.05, 3.63) is 0 Å². The summed E-state index contributed by atoms with van der Waals surface area (Å²) < 4.78 is 5.03. The average molecular weight is 196 g/mol. The Bertz CT molecular complexity index is 154. The third-order valence-corrected chi connectivity index (χ3v) is 1.87. The van der Waals surface area contributed by atoms with E-state index in [-0.39, 0.29) is 12.4 Å². The van der Waals surface area contributed by atoms with Gasteiger partial charge in [0.05, 0.1) is 6.61 Å². The first-order chi connectivity index (χ1) is 5.24. The lowest BCUT2D eigenvalue weighted by molar-refractivity contribution is -0.155. The van der Waals surface area contributed by atoms with E-state index < -0.39 is 12.1 Å². The van der Waals surface area contributed by atoms with E-state index >= 15 is 0 Å². The van der Waals surface area contributed by atoms with E-state index in [4.69, 9.17) is 9.84 Å². The summed E-state index contributed by atoms with van der Waals surface area (Å²) >= 11 is 0. The largest absolute Gasteiger partial charge is 0.479 e. The SMILES string of the molecule is CCN1CCOC(C(=O)O)C1.Cl. The first kappa shape index (κ1) is 11.7. The molecule has 1 rings (SSSR count). The molecular formula is C7H14ClNO3. The van der Waals surface area contributed by atoms with Gasteiger partial charge in [-0.05, 0) is 6.54 Å². The number of halogens is 1. The van der Waals surface area contributed by atoms with Crippen LogP contribution in [0.15, 0.2) is 0 Å². The van der Waals surface area contributed by atoms with Crippen LogP contribution in [0.2, 0.25) is 0 Å². The number of likely N-dealkylation sites (N-methyl/N-ethyl adjacent to an activating group) is 1. The van der Waals surface area contributed by atoms with Crippen LogP contribution in [0.3, 0.4) is 0 Å². The normalized spacial score (nSPS) is 24.6. The summed E-state index contributed by atoms with van der Waals surface area (Å²) in [4.78, 5) is 12.5. The predicted molar refractivity (Wildman–Crippen MR) is 46.7 cm³/mol. The van der Waals surface area contributed by atoms with Gasteiger partial charge in [-0.3, -0.25) is 4.90 Å². The second kappa shape index (κ2) is 5.35. The van der Waals surface area contributed by atoms with Gasteiger partial charge in [-0.15, -0.1) is 12.4 Å². The second-order valence-corrected chi connectivity index (χ2v) is 2.59. The van der Waals surface area contributed by atoms with Gasteiger partial charge in [0.15, 0.2) is 6.10 Å². The number of nitrogens with zero attached hydrogens (tertiary/aromatic N) is 1. The first-order valence-corrected chi connectivity index (χ1v) is 3.80. The average Bonchev–Trinajstić information content (AvgIpc) is 2.05. The molecule has 0 aromatic rings. The van der Waals surface area contributed by atoms with Crippen LogP contribution in [0.4, 0.5) is 0 Å². The van der Waals surface area contributed by atoms with Crippen LogP contribution in [0, 0.1) is 0 Å². The van der Waals surface area contributed by atoms with Gasteiger partial charge >= 0.3 is 5.97 Å². The summed E-state index contributed by atoms with van der Waals surface area (Å²) in [6.07, 6.45) is -0.622. The van der Waals surface area contributed by atoms with Gasteiger partial charge in [-0.2, -0.15) is 0 Å². The number of carboxylic acid groups (broad SMARTS) is 1. The molecule has 72 valence electrons. The Labute approximate surface area is 77.9 Å². The molecule has 0 aliphatic carbocycles. The van der Waals surface area contributed by atoms with Crippen LogP contribution in [0.5, 0.6) is 0 Å². The van der Waals surface area contributed by atoms with Crippen molar-refractivity contribution in [1.29, 1.82) is 0 Å². The van der Waals surface area contributed by atoms with E-state index in [0.717, 1.165) is 13.1 Å². The summed E-state index contributed by atoms with van der Waals surface area (Å²) in [6.45, 7) is 4.81. The van der Waals surface area contributed by atoms with Crippen molar-refractivity contribution in [3.63, 3.8) is 0 Å². The van der Waals surface area contributed by atoms with Gasteiger partial charge < -0.3 is 9.84 Å². The number of hydrogen-bond donors (Lipinski definition) is 1. The lowest BCUT2D eigenvalue weighted by Crippen LogP contribution is -2.45. The Hall–Kier alpha value is -0.320. The Morgan fingerprint density at radius 2 is 2.42 bits per heavy atom. The quantitative estimate of drug-likeness (QED) is 0.685. The predicted octanol–water partition coefficient (Wildman–Crippen LogP) is 0.214. The number of carbonyl (C=O) groups is 1. The van der Waals surface area contributed by atoms with Gasteiger partial charge in [0.2, 0.25) is 0 Å². The summed E-state index contributed by atoms with van der Waals surface area (Å²) in [5.74, 6) is -0.858. The number of ether oxygens (including phenoxy) is 1. The maximum Gasteiger partial charge on any atom is 0.334 e. The zero-order valence-corrected chi connectivity index (χ0v) is 7.84. The van der Waals surface area contributed by atoms with E-state index in [2.05, 4.69) is 4.90 Å². The van der Waals surface area contributed by atoms with E-state index in [1.807, 2.05) is 6.92 Å². The van der Waals surface area contributed by atoms with Crippen LogP contribution in [-0.4, -0.2) is 48.3 Å². The van der Waals surface area contributed by atoms with Crippen molar-refractivity contribution < 1.29 is 14.6 Å². The molecule has 5 heteroatoms. The van der Waals surface area contributed by atoms with Crippen LogP contribution in [0.25, 0.3) is 0 Å². The minimum Gasteiger partial charge on any atom is -0.479 e. The molecule has 1 heterocycles. The Morgan fingerprint density at radius 3 is 2.92 bits per heavy atom. The highest BCUT2D eigenvalue weighted by Gasteiger charge is 2.24. The highest BCUT2D eigenvalue weighted by molar-refractivity contribution is 5.85. The number of morpholine rings is 1. The number of rotatable bonds is 2. The monoisotopic (exact) mass is 195 g/mol. The molecular weight excluding hydrogens is 182 g/mol. The lowest BCUT2D eigenvalue weighted by Gasteiger charge is -2.29. The maximum absolute atomic E-state index is 10.5. The van der Waals surface area contributed by atoms with Crippen molar-refractivity contribution >= 4 is 18.4 Å². The molecule has 12 heavy (non-hydrogen) atoms. The molecule has 0 saturated carbocycles. The lowest BCUT2D eigenvalue weighted by atomic mass is 10.3. The summed E-state index contributed by atoms with van der Waals surface area (Å²) in [6, 6.07) is 0. The molecule has 0 aromatic carbocycles. The van der Waals surface area contributed by atoms with Crippen LogP contribution in [0.1, 0.15) is 6.92 Å². The molecule has 1 aliphatic heterocycles. The molecule has 0 spiro atoms. The van der Waals surface area contributed by atoms with Crippen LogP contribution >= 0.6 is 12.4 Å². The topological polar surface area (TPSA) is 49.8 Å². The van der Waals surface area contributed by atoms with E-state index in [0.29, 0.717) is 13.2 Å². The summed E-state index contributed by atoms with van der Waals surface area (Å²) in [5.41, 5.74) is 0. The van der Waals surface area contributed by atoms with Gasteiger partial charge in [0, 0.05) is 13.1 Å². The summed E-state index contributed by atoms with van der Waals surface area (Å²) in [7, 11) is 0. The molecule has 0 bridgehead atoms. The highest BCUT2D eigenvalue weighted by atomic mass is 35.5. The molecule has 1 atom stereocenters. The maximum atomic E-state index is 10.5. The van der Waals surface area contributed by atoms with Crippen LogP contribution in [-0.2, 0) is 9.53 Å². The second-order valence-electron chi connectivity index (χ2n) is 2.59. The number of hydrogen-bond acceptors (Lipinski definition) is 3. The molecule has 1 saturated heterocycles. The minimum atomic E-state index is -0.858. The standard InChI is InChI=1S/C7H13NO3.ClH/c1-2-8-3-4-11-6(5-8)7(9)10;/h6H,2-5H2,1H3,(H,9,10);1H. The van der Waals surface area contributed by atoms with Gasteiger partial charge in [-0.1, -0.05) is 6.92 Å². The van der Waals surface area contributed by atoms with Crippen molar-refractivity contribution in [1.82, 2.24) is 4.90 Å². The Balaban J connectivity index is 0.00000121. The van der Waals surface area contributed by atoms with E-state index in [1.165, 1.54) is 0 Å². The first-order valence-electron chi connectivity index (χ1n) is 3.80. The number of carboxylic acids is 1. The molecule has 1 aliphatic rings. The highest BCUT2D eigenvalue weighted by Crippen LogP contribution is 2.03. The Morgan fingerprint density at radius 1 is 1.75 bits per heavy atom. The molecule has 0 aromatic heterocycles. The van der Waals surface area contributed by atoms with Crippen molar-refractivity contribution in [3.8, 4) is 0 Å². The van der Waals surface area contributed by atoms with E-state index in [1.54, 1.807) is 0 Å².